The molecule has 0 saturated carbocycles. The lowest BCUT2D eigenvalue weighted by atomic mass is 10.1. The molecule has 7 heteroatoms. The van der Waals surface area contributed by atoms with E-state index in [0.717, 1.165) is 30.2 Å². The molecular formula is C25H25N3O4. The second kappa shape index (κ2) is 9.87. The third-order valence-corrected chi connectivity index (χ3v) is 5.35. The van der Waals surface area contributed by atoms with Gasteiger partial charge < -0.3 is 24.3 Å². The number of nitrogens with zero attached hydrogens (tertiary/aromatic N) is 2. The van der Waals surface area contributed by atoms with Crippen molar-refractivity contribution in [3.8, 4) is 5.75 Å². The summed E-state index contributed by atoms with van der Waals surface area (Å²) in [6, 6.07) is 18.5. The Kier molecular flexibility index (Phi) is 6.55. The summed E-state index contributed by atoms with van der Waals surface area (Å²) in [5.74, 6) is 1.17. The topological polar surface area (TPSA) is 75.0 Å². The molecule has 32 heavy (non-hydrogen) atoms. The fourth-order valence-electron chi connectivity index (χ4n) is 3.57. The van der Waals surface area contributed by atoms with Crippen LogP contribution in [0.15, 0.2) is 77.4 Å². The molecule has 4 rings (SSSR count). The van der Waals surface area contributed by atoms with Crippen LogP contribution in [-0.4, -0.2) is 50.0 Å². The number of ether oxygens (including phenoxy) is 1. The van der Waals surface area contributed by atoms with Crippen molar-refractivity contribution in [1.29, 1.82) is 0 Å². The highest BCUT2D eigenvalue weighted by molar-refractivity contribution is 6.01. The minimum absolute atomic E-state index is 0.0352. The lowest BCUT2D eigenvalue weighted by molar-refractivity contribution is -0.111. The molecule has 1 aliphatic heterocycles. The molecule has 1 aliphatic rings. The number of amides is 2. The average molecular weight is 431 g/mol. The number of furan rings is 1. The first-order valence-corrected chi connectivity index (χ1v) is 10.4. The van der Waals surface area contributed by atoms with E-state index < -0.39 is 0 Å². The summed E-state index contributed by atoms with van der Waals surface area (Å²) >= 11 is 0. The largest absolute Gasteiger partial charge is 0.497 e. The van der Waals surface area contributed by atoms with Gasteiger partial charge in [0.25, 0.3) is 5.91 Å². The molecule has 1 saturated heterocycles. The molecule has 2 heterocycles. The van der Waals surface area contributed by atoms with Gasteiger partial charge in [0.15, 0.2) is 0 Å². The molecule has 2 amide bonds. The Balaban J connectivity index is 1.29. The minimum atomic E-state index is -0.222. The highest BCUT2D eigenvalue weighted by Gasteiger charge is 2.22. The van der Waals surface area contributed by atoms with Crippen molar-refractivity contribution in [2.24, 2.45) is 0 Å². The number of nitrogens with one attached hydrogen (secondary N) is 1. The van der Waals surface area contributed by atoms with Crippen molar-refractivity contribution < 1.29 is 18.7 Å². The molecular weight excluding hydrogens is 406 g/mol. The second-order valence-electron chi connectivity index (χ2n) is 7.39. The highest BCUT2D eigenvalue weighted by Crippen LogP contribution is 2.21. The molecule has 3 aromatic rings. The lowest BCUT2D eigenvalue weighted by Gasteiger charge is -2.36. The lowest BCUT2D eigenvalue weighted by Crippen LogP contribution is -2.48. The van der Waals surface area contributed by atoms with Crippen LogP contribution in [0.3, 0.4) is 0 Å². The molecule has 0 aliphatic carbocycles. The van der Waals surface area contributed by atoms with E-state index >= 15 is 0 Å². The summed E-state index contributed by atoms with van der Waals surface area (Å²) in [5.41, 5.74) is 2.45. The van der Waals surface area contributed by atoms with Gasteiger partial charge >= 0.3 is 0 Å². The van der Waals surface area contributed by atoms with Crippen molar-refractivity contribution in [2.45, 2.75) is 0 Å². The van der Waals surface area contributed by atoms with E-state index in [4.69, 9.17) is 9.15 Å². The molecule has 0 atom stereocenters. The smallest absolute Gasteiger partial charge is 0.253 e. The van der Waals surface area contributed by atoms with Gasteiger partial charge in [-0.1, -0.05) is 0 Å². The van der Waals surface area contributed by atoms with Gasteiger partial charge in [0.1, 0.15) is 11.5 Å². The van der Waals surface area contributed by atoms with Crippen LogP contribution in [0.5, 0.6) is 5.75 Å². The van der Waals surface area contributed by atoms with E-state index in [1.807, 2.05) is 29.2 Å². The zero-order valence-electron chi connectivity index (χ0n) is 17.9. The van der Waals surface area contributed by atoms with E-state index in [2.05, 4.69) is 10.2 Å². The van der Waals surface area contributed by atoms with Crippen molar-refractivity contribution in [1.82, 2.24) is 4.90 Å². The second-order valence-corrected chi connectivity index (χ2v) is 7.39. The van der Waals surface area contributed by atoms with E-state index in [9.17, 15) is 9.59 Å². The van der Waals surface area contributed by atoms with E-state index in [1.165, 1.54) is 6.08 Å². The molecule has 0 unspecified atom stereocenters. The monoisotopic (exact) mass is 431 g/mol. The molecule has 2 aromatic carbocycles. The maximum absolute atomic E-state index is 12.7. The first kappa shape index (κ1) is 21.2. The number of hydrogen-bond donors (Lipinski definition) is 1. The Labute approximate surface area is 186 Å². The highest BCUT2D eigenvalue weighted by atomic mass is 16.5. The van der Waals surface area contributed by atoms with Gasteiger partial charge in [-0.3, -0.25) is 9.59 Å². The predicted octanol–water partition coefficient (Wildman–Crippen LogP) is 3.90. The number of anilines is 2. The molecule has 0 radical (unpaired) electrons. The summed E-state index contributed by atoms with van der Waals surface area (Å²) < 4.78 is 10.3. The standard InChI is InChI=1S/C25H25N3O4/c1-31-22-10-4-19(5-11-22)25(30)28-16-14-27(15-17-28)21-8-6-20(7-9-21)26-24(29)13-12-23-3-2-18-32-23/h2-13,18H,14-17H2,1H3,(H,26,29). The number of methoxy groups -OCH3 is 1. The number of piperazine rings is 1. The van der Waals surface area contributed by atoms with Crippen LogP contribution in [0.2, 0.25) is 0 Å². The number of hydrogen-bond acceptors (Lipinski definition) is 5. The van der Waals surface area contributed by atoms with Gasteiger partial charge in [-0.2, -0.15) is 0 Å². The van der Waals surface area contributed by atoms with Gasteiger partial charge in [-0.15, -0.1) is 0 Å². The molecule has 1 N–H and O–H groups in total. The Hall–Kier alpha value is -4.00. The normalized spacial score (nSPS) is 13.9. The van der Waals surface area contributed by atoms with E-state index in [1.54, 1.807) is 55.8 Å². The van der Waals surface area contributed by atoms with Crippen molar-refractivity contribution in [3.05, 3.63) is 84.3 Å². The summed E-state index contributed by atoms with van der Waals surface area (Å²) in [6.45, 7) is 2.81. The van der Waals surface area contributed by atoms with Crippen LogP contribution in [0.25, 0.3) is 6.08 Å². The van der Waals surface area contributed by atoms with Crippen molar-refractivity contribution in [3.63, 3.8) is 0 Å². The zero-order valence-corrected chi connectivity index (χ0v) is 17.9. The maximum Gasteiger partial charge on any atom is 0.253 e. The summed E-state index contributed by atoms with van der Waals surface area (Å²) in [6.07, 6.45) is 4.62. The van der Waals surface area contributed by atoms with Crippen molar-refractivity contribution in [2.75, 3.05) is 43.5 Å². The van der Waals surface area contributed by atoms with Crippen LogP contribution in [-0.2, 0) is 4.79 Å². The fraction of sp³-hybridized carbons (Fsp3) is 0.200. The van der Waals surface area contributed by atoms with Crippen LogP contribution < -0.4 is 15.0 Å². The quantitative estimate of drug-likeness (QED) is 0.599. The summed E-state index contributed by atoms with van der Waals surface area (Å²) in [4.78, 5) is 28.9. The number of benzene rings is 2. The van der Waals surface area contributed by atoms with Crippen LogP contribution in [0.4, 0.5) is 11.4 Å². The van der Waals surface area contributed by atoms with Crippen molar-refractivity contribution >= 4 is 29.3 Å². The first-order chi connectivity index (χ1) is 15.6. The third kappa shape index (κ3) is 5.18. The molecule has 0 bridgehead atoms. The first-order valence-electron chi connectivity index (χ1n) is 10.4. The molecule has 7 nitrogen and oxygen atoms in total. The van der Waals surface area contributed by atoms with E-state index in [0.29, 0.717) is 24.4 Å². The fourth-order valence-corrected chi connectivity index (χ4v) is 3.57. The van der Waals surface area contributed by atoms with Gasteiger partial charge in [0, 0.05) is 49.2 Å². The molecule has 1 aromatic heterocycles. The van der Waals surface area contributed by atoms with Gasteiger partial charge in [0.05, 0.1) is 13.4 Å². The predicted molar refractivity (Wildman–Crippen MR) is 124 cm³/mol. The summed E-state index contributed by atoms with van der Waals surface area (Å²) in [5, 5.41) is 2.84. The molecule has 0 spiro atoms. The zero-order chi connectivity index (χ0) is 22.3. The number of rotatable bonds is 6. The third-order valence-electron chi connectivity index (χ3n) is 5.35. The van der Waals surface area contributed by atoms with Crippen LogP contribution in [0.1, 0.15) is 16.1 Å². The average Bonchev–Trinajstić information content (AvgIpc) is 3.37. The van der Waals surface area contributed by atoms with Gasteiger partial charge in [0.2, 0.25) is 5.91 Å². The number of carbonyl (C=O) groups excluding carboxylic acids is 2. The van der Waals surface area contributed by atoms with Gasteiger partial charge in [-0.05, 0) is 66.7 Å². The minimum Gasteiger partial charge on any atom is -0.497 e. The Morgan fingerprint density at radius 2 is 1.69 bits per heavy atom. The molecule has 1 fully saturated rings. The molecule has 164 valence electrons. The Morgan fingerprint density at radius 1 is 0.969 bits per heavy atom. The Bertz CT molecular complexity index is 1070. The maximum atomic E-state index is 12.7. The number of carbonyl (C=O) groups is 2. The SMILES string of the molecule is COc1ccc(C(=O)N2CCN(c3ccc(NC(=O)C=Cc4ccco4)cc3)CC2)cc1. The van der Waals surface area contributed by atoms with Gasteiger partial charge in [-0.25, -0.2) is 0 Å². The van der Waals surface area contributed by atoms with Crippen LogP contribution >= 0.6 is 0 Å². The van der Waals surface area contributed by atoms with Crippen LogP contribution in [0, 0.1) is 0 Å². The van der Waals surface area contributed by atoms with E-state index in [-0.39, 0.29) is 11.8 Å². The summed E-state index contributed by atoms with van der Waals surface area (Å²) in [7, 11) is 1.61. The Morgan fingerprint density at radius 3 is 2.31 bits per heavy atom.